The summed E-state index contributed by atoms with van der Waals surface area (Å²) in [6.07, 6.45) is 2.46. The van der Waals surface area contributed by atoms with Crippen molar-refractivity contribution in [3.63, 3.8) is 0 Å². The quantitative estimate of drug-likeness (QED) is 0.892. The summed E-state index contributed by atoms with van der Waals surface area (Å²) < 4.78 is 11.7. The van der Waals surface area contributed by atoms with Crippen LogP contribution in [0.15, 0.2) is 24.3 Å². The number of nitrogens with one attached hydrogen (secondary N) is 1. The summed E-state index contributed by atoms with van der Waals surface area (Å²) in [6.45, 7) is 9.99. The Kier molecular flexibility index (Phi) is 5.44. The van der Waals surface area contributed by atoms with Gasteiger partial charge in [0.05, 0.1) is 19.3 Å². The molecule has 1 aliphatic rings. The van der Waals surface area contributed by atoms with Crippen molar-refractivity contribution in [1.82, 2.24) is 5.32 Å². The van der Waals surface area contributed by atoms with E-state index in [4.69, 9.17) is 9.47 Å². The molecule has 20 heavy (non-hydrogen) atoms. The summed E-state index contributed by atoms with van der Waals surface area (Å²) in [5.41, 5.74) is 1.52. The van der Waals surface area contributed by atoms with E-state index in [1.165, 1.54) is 5.56 Å². The van der Waals surface area contributed by atoms with Gasteiger partial charge in [-0.15, -0.1) is 0 Å². The van der Waals surface area contributed by atoms with Gasteiger partial charge in [-0.25, -0.2) is 0 Å². The maximum atomic E-state index is 6.18. The van der Waals surface area contributed by atoms with Crippen molar-refractivity contribution in [2.75, 3.05) is 26.3 Å². The van der Waals surface area contributed by atoms with Crippen molar-refractivity contribution in [2.24, 2.45) is 5.41 Å². The minimum atomic E-state index is 0.144. The van der Waals surface area contributed by atoms with Crippen LogP contribution in [0.2, 0.25) is 0 Å². The van der Waals surface area contributed by atoms with E-state index in [1.807, 2.05) is 19.1 Å². The van der Waals surface area contributed by atoms with E-state index in [2.05, 4.69) is 31.3 Å². The van der Waals surface area contributed by atoms with E-state index in [1.54, 1.807) is 0 Å². The smallest absolute Gasteiger partial charge is 0.119 e. The van der Waals surface area contributed by atoms with Crippen molar-refractivity contribution in [3.05, 3.63) is 29.8 Å². The van der Waals surface area contributed by atoms with Crippen LogP contribution in [0.1, 0.15) is 45.3 Å². The van der Waals surface area contributed by atoms with Crippen LogP contribution in [-0.4, -0.2) is 26.3 Å². The molecular formula is C17H27NO2. The van der Waals surface area contributed by atoms with Crippen LogP contribution in [0.3, 0.4) is 0 Å². The molecule has 0 aromatic heterocycles. The van der Waals surface area contributed by atoms with E-state index in [9.17, 15) is 0 Å². The SMILES string of the molecule is CCOc1ccc(C2CNCC(CC)(CC)CO2)cc1. The monoisotopic (exact) mass is 277 g/mol. The van der Waals surface area contributed by atoms with Crippen LogP contribution in [0.4, 0.5) is 0 Å². The van der Waals surface area contributed by atoms with Crippen molar-refractivity contribution in [1.29, 1.82) is 0 Å². The summed E-state index contributed by atoms with van der Waals surface area (Å²) in [6, 6.07) is 8.28. The summed E-state index contributed by atoms with van der Waals surface area (Å²) in [5.74, 6) is 0.925. The molecule has 3 heteroatoms. The Bertz CT molecular complexity index is 398. The molecule has 0 saturated carbocycles. The lowest BCUT2D eigenvalue weighted by Crippen LogP contribution is -2.34. The molecule has 1 aromatic carbocycles. The Labute approximate surface area is 122 Å². The van der Waals surface area contributed by atoms with E-state index >= 15 is 0 Å². The van der Waals surface area contributed by atoms with E-state index < -0.39 is 0 Å². The molecule has 3 nitrogen and oxygen atoms in total. The van der Waals surface area contributed by atoms with Gasteiger partial charge in [0.15, 0.2) is 0 Å². The highest BCUT2D eigenvalue weighted by molar-refractivity contribution is 5.29. The first-order valence-corrected chi connectivity index (χ1v) is 7.78. The third-order valence-corrected chi connectivity index (χ3v) is 4.48. The second kappa shape index (κ2) is 7.09. The maximum absolute atomic E-state index is 6.18. The lowest BCUT2D eigenvalue weighted by molar-refractivity contribution is 0.0103. The number of hydrogen-bond acceptors (Lipinski definition) is 3. The lowest BCUT2D eigenvalue weighted by atomic mass is 9.83. The Morgan fingerprint density at radius 1 is 1.20 bits per heavy atom. The topological polar surface area (TPSA) is 30.5 Å². The molecule has 1 fully saturated rings. The summed E-state index contributed by atoms with van der Waals surface area (Å²) in [4.78, 5) is 0. The molecule has 0 radical (unpaired) electrons. The second-order valence-corrected chi connectivity index (χ2v) is 5.64. The fourth-order valence-corrected chi connectivity index (χ4v) is 2.72. The van der Waals surface area contributed by atoms with Gasteiger partial charge in [-0.2, -0.15) is 0 Å². The Hall–Kier alpha value is -1.06. The summed E-state index contributed by atoms with van der Waals surface area (Å²) in [7, 11) is 0. The largest absolute Gasteiger partial charge is 0.494 e. The predicted molar refractivity (Wildman–Crippen MR) is 82.2 cm³/mol. The van der Waals surface area contributed by atoms with Crippen LogP contribution in [0.25, 0.3) is 0 Å². The third-order valence-electron chi connectivity index (χ3n) is 4.48. The highest BCUT2D eigenvalue weighted by atomic mass is 16.5. The first-order chi connectivity index (χ1) is 9.73. The molecule has 2 rings (SSSR count). The fourth-order valence-electron chi connectivity index (χ4n) is 2.72. The standard InChI is InChI=1S/C17H27NO2/c1-4-17(5-2)12-18-11-16(20-13-17)14-7-9-15(10-8-14)19-6-3/h7-10,16,18H,4-6,11-13H2,1-3H3. The fraction of sp³-hybridized carbons (Fsp3) is 0.647. The van der Waals surface area contributed by atoms with E-state index in [0.717, 1.165) is 38.3 Å². The van der Waals surface area contributed by atoms with Crippen LogP contribution >= 0.6 is 0 Å². The predicted octanol–water partition coefficient (Wildman–Crippen LogP) is 3.55. The van der Waals surface area contributed by atoms with Gasteiger partial charge in [-0.05, 0) is 37.5 Å². The van der Waals surface area contributed by atoms with Gasteiger partial charge in [-0.3, -0.25) is 0 Å². The van der Waals surface area contributed by atoms with Gasteiger partial charge in [-0.1, -0.05) is 26.0 Å². The molecule has 112 valence electrons. The van der Waals surface area contributed by atoms with Gasteiger partial charge in [0.2, 0.25) is 0 Å². The Morgan fingerprint density at radius 2 is 1.90 bits per heavy atom. The van der Waals surface area contributed by atoms with Crippen LogP contribution in [-0.2, 0) is 4.74 Å². The minimum absolute atomic E-state index is 0.144. The lowest BCUT2D eigenvalue weighted by Gasteiger charge is -2.29. The van der Waals surface area contributed by atoms with Gasteiger partial charge >= 0.3 is 0 Å². The Morgan fingerprint density at radius 3 is 2.50 bits per heavy atom. The zero-order valence-corrected chi connectivity index (χ0v) is 12.9. The van der Waals surface area contributed by atoms with Gasteiger partial charge < -0.3 is 14.8 Å². The van der Waals surface area contributed by atoms with Crippen molar-refractivity contribution in [3.8, 4) is 5.75 Å². The van der Waals surface area contributed by atoms with Crippen molar-refractivity contribution >= 4 is 0 Å². The molecule has 1 aliphatic heterocycles. The molecule has 0 aliphatic carbocycles. The minimum Gasteiger partial charge on any atom is -0.494 e. The maximum Gasteiger partial charge on any atom is 0.119 e. The van der Waals surface area contributed by atoms with Crippen molar-refractivity contribution in [2.45, 2.75) is 39.7 Å². The highest BCUT2D eigenvalue weighted by Crippen LogP contribution is 2.31. The third kappa shape index (κ3) is 3.53. The first-order valence-electron chi connectivity index (χ1n) is 7.78. The van der Waals surface area contributed by atoms with Crippen molar-refractivity contribution < 1.29 is 9.47 Å². The number of hydrogen-bond donors (Lipinski definition) is 1. The summed E-state index contributed by atoms with van der Waals surface area (Å²) >= 11 is 0. The average Bonchev–Trinajstić information content (AvgIpc) is 2.71. The van der Waals surface area contributed by atoms with Crippen LogP contribution in [0, 0.1) is 5.41 Å². The molecule has 0 amide bonds. The molecule has 0 bridgehead atoms. The molecule has 0 spiro atoms. The number of benzene rings is 1. The molecule has 1 saturated heterocycles. The van der Waals surface area contributed by atoms with Crippen LogP contribution in [0.5, 0.6) is 5.75 Å². The van der Waals surface area contributed by atoms with Gasteiger partial charge in [0.25, 0.3) is 0 Å². The van der Waals surface area contributed by atoms with Crippen LogP contribution < -0.4 is 10.1 Å². The van der Waals surface area contributed by atoms with E-state index in [0.29, 0.717) is 12.0 Å². The zero-order valence-electron chi connectivity index (χ0n) is 12.9. The molecule has 1 aromatic rings. The number of ether oxygens (including phenoxy) is 2. The molecular weight excluding hydrogens is 250 g/mol. The molecule has 1 unspecified atom stereocenters. The zero-order chi connectivity index (χ0) is 14.4. The van der Waals surface area contributed by atoms with E-state index in [-0.39, 0.29) is 6.10 Å². The molecule has 1 N–H and O–H groups in total. The molecule has 1 atom stereocenters. The Balaban J connectivity index is 2.02. The van der Waals surface area contributed by atoms with Gasteiger partial charge in [0.1, 0.15) is 5.75 Å². The average molecular weight is 277 g/mol. The molecule has 1 heterocycles. The van der Waals surface area contributed by atoms with Gasteiger partial charge in [0, 0.05) is 18.5 Å². The first kappa shape index (κ1) is 15.3. The highest BCUT2D eigenvalue weighted by Gasteiger charge is 2.31. The number of rotatable bonds is 5. The summed E-state index contributed by atoms with van der Waals surface area (Å²) in [5, 5.41) is 3.57. The normalized spacial score (nSPS) is 22.2. The second-order valence-electron chi connectivity index (χ2n) is 5.64.